The predicted molar refractivity (Wildman–Crippen MR) is 125 cm³/mol. The smallest absolute Gasteiger partial charge is 0.411 e. The lowest BCUT2D eigenvalue weighted by atomic mass is 9.98. The Morgan fingerprint density at radius 2 is 1.68 bits per heavy atom. The van der Waals surface area contributed by atoms with Crippen LogP contribution < -0.4 is 10.6 Å². The molecule has 0 spiro atoms. The van der Waals surface area contributed by atoms with Crippen molar-refractivity contribution < 1.29 is 24.2 Å². The lowest BCUT2D eigenvalue weighted by Gasteiger charge is -2.25. The molecular formula is C25H26N4O5. The molecule has 9 nitrogen and oxygen atoms in total. The Morgan fingerprint density at radius 1 is 1.09 bits per heavy atom. The van der Waals surface area contributed by atoms with Gasteiger partial charge in [-0.3, -0.25) is 19.6 Å². The molecule has 4 rings (SSSR count). The van der Waals surface area contributed by atoms with Gasteiger partial charge < -0.3 is 15.2 Å². The van der Waals surface area contributed by atoms with Gasteiger partial charge in [-0.15, -0.1) is 0 Å². The summed E-state index contributed by atoms with van der Waals surface area (Å²) in [6.07, 6.45) is 2.26. The summed E-state index contributed by atoms with van der Waals surface area (Å²) in [4.78, 5) is 36.0. The van der Waals surface area contributed by atoms with Gasteiger partial charge in [-0.1, -0.05) is 48.5 Å². The van der Waals surface area contributed by atoms with Crippen molar-refractivity contribution >= 4 is 23.7 Å². The van der Waals surface area contributed by atoms with E-state index in [0.29, 0.717) is 5.69 Å². The number of aromatic nitrogens is 2. The summed E-state index contributed by atoms with van der Waals surface area (Å²) in [5.74, 6) is -1.71. The van der Waals surface area contributed by atoms with Gasteiger partial charge in [0.2, 0.25) is 5.91 Å². The summed E-state index contributed by atoms with van der Waals surface area (Å²) in [6.45, 7) is 4.75. The number of nitrogens with one attached hydrogen (secondary N) is 2. The van der Waals surface area contributed by atoms with E-state index in [1.807, 2.05) is 36.4 Å². The molecule has 0 aliphatic heterocycles. The highest BCUT2D eigenvalue weighted by atomic mass is 16.5. The Kier molecular flexibility index (Phi) is 6.10. The first-order valence-corrected chi connectivity index (χ1v) is 10.9. The van der Waals surface area contributed by atoms with Crippen molar-refractivity contribution in [1.29, 1.82) is 0 Å². The molecule has 0 saturated heterocycles. The Hall–Kier alpha value is -4.14. The number of rotatable bonds is 7. The van der Waals surface area contributed by atoms with Gasteiger partial charge in [0.1, 0.15) is 18.2 Å². The van der Waals surface area contributed by atoms with Crippen LogP contribution in [0.3, 0.4) is 0 Å². The number of ether oxygens (including phenoxy) is 1. The minimum absolute atomic E-state index is 0.0558. The van der Waals surface area contributed by atoms with E-state index in [9.17, 15) is 14.4 Å². The van der Waals surface area contributed by atoms with Crippen molar-refractivity contribution in [3.63, 3.8) is 0 Å². The third-order valence-electron chi connectivity index (χ3n) is 6.02. The fourth-order valence-corrected chi connectivity index (χ4v) is 3.98. The zero-order valence-corrected chi connectivity index (χ0v) is 19.1. The molecule has 1 aliphatic carbocycles. The highest BCUT2D eigenvalue weighted by Gasteiger charge is 2.33. The number of fused-ring (bicyclic) bond motifs is 3. The van der Waals surface area contributed by atoms with Crippen LogP contribution in [0.25, 0.3) is 11.1 Å². The highest BCUT2D eigenvalue weighted by Crippen LogP contribution is 2.44. The van der Waals surface area contributed by atoms with Gasteiger partial charge in [-0.25, -0.2) is 4.79 Å². The monoisotopic (exact) mass is 462 g/mol. The first-order valence-electron chi connectivity index (χ1n) is 10.9. The highest BCUT2D eigenvalue weighted by molar-refractivity contribution is 5.88. The number of aliphatic carboxylic acids is 1. The molecule has 3 N–H and O–H groups in total. The Labute approximate surface area is 196 Å². The fraction of sp³-hybridized carbons (Fsp3) is 0.280. The van der Waals surface area contributed by atoms with Gasteiger partial charge in [0, 0.05) is 12.1 Å². The SMILES string of the molecule is CC(NC(=O)C(C)(C)n1cc(NC(=O)OCC2c3ccccc3-c3ccccc32)cn1)C(=O)O. The first kappa shape index (κ1) is 23.0. The van der Waals surface area contributed by atoms with Crippen LogP contribution in [0, 0.1) is 0 Å². The Bertz CT molecular complexity index is 1200. The summed E-state index contributed by atoms with van der Waals surface area (Å²) in [5, 5.41) is 18.2. The predicted octanol–water partition coefficient (Wildman–Crippen LogP) is 3.57. The molecule has 0 bridgehead atoms. The molecule has 0 radical (unpaired) electrons. The molecular weight excluding hydrogens is 436 g/mol. The zero-order chi connectivity index (χ0) is 24.5. The van der Waals surface area contributed by atoms with Crippen LogP contribution >= 0.6 is 0 Å². The lowest BCUT2D eigenvalue weighted by Crippen LogP contribution is -2.49. The maximum absolute atomic E-state index is 12.5. The number of carboxylic acid groups (broad SMARTS) is 1. The number of anilines is 1. The number of hydrogen-bond donors (Lipinski definition) is 3. The Balaban J connectivity index is 1.40. The summed E-state index contributed by atoms with van der Waals surface area (Å²) in [7, 11) is 0. The van der Waals surface area contributed by atoms with Crippen LogP contribution in [0.2, 0.25) is 0 Å². The second-order valence-electron chi connectivity index (χ2n) is 8.72. The van der Waals surface area contributed by atoms with Crippen LogP contribution in [0.5, 0.6) is 0 Å². The summed E-state index contributed by atoms with van der Waals surface area (Å²) >= 11 is 0. The summed E-state index contributed by atoms with van der Waals surface area (Å²) < 4.78 is 6.89. The summed E-state index contributed by atoms with van der Waals surface area (Å²) in [6, 6.07) is 15.1. The third-order valence-corrected chi connectivity index (χ3v) is 6.02. The number of carbonyl (C=O) groups excluding carboxylic acids is 2. The number of hydrogen-bond acceptors (Lipinski definition) is 5. The van der Waals surface area contributed by atoms with E-state index in [0.717, 1.165) is 22.3 Å². The van der Waals surface area contributed by atoms with E-state index in [1.165, 1.54) is 24.0 Å². The molecule has 2 aromatic carbocycles. The lowest BCUT2D eigenvalue weighted by molar-refractivity contribution is -0.142. The molecule has 2 amide bonds. The van der Waals surface area contributed by atoms with Gasteiger partial charge in [0.25, 0.3) is 0 Å². The van der Waals surface area contributed by atoms with Crippen molar-refractivity contribution in [2.45, 2.75) is 38.3 Å². The minimum atomic E-state index is -1.18. The molecule has 1 atom stereocenters. The third kappa shape index (κ3) is 4.36. The maximum atomic E-state index is 12.5. The van der Waals surface area contributed by atoms with Crippen LogP contribution in [0.1, 0.15) is 37.8 Å². The molecule has 3 aromatic rings. The molecule has 0 saturated carbocycles. The average Bonchev–Trinajstić information content (AvgIpc) is 3.41. The first-order chi connectivity index (χ1) is 16.2. The number of nitrogens with zero attached hydrogens (tertiary/aromatic N) is 2. The molecule has 1 aromatic heterocycles. The quantitative estimate of drug-likeness (QED) is 0.493. The van der Waals surface area contributed by atoms with Crippen LogP contribution in [-0.4, -0.2) is 45.5 Å². The molecule has 1 aliphatic rings. The molecule has 9 heteroatoms. The zero-order valence-electron chi connectivity index (χ0n) is 19.1. The molecule has 1 heterocycles. The van der Waals surface area contributed by atoms with Gasteiger partial charge in [0.15, 0.2) is 0 Å². The number of benzene rings is 2. The van der Waals surface area contributed by atoms with Gasteiger partial charge in [-0.05, 0) is 43.0 Å². The molecule has 34 heavy (non-hydrogen) atoms. The fourth-order valence-electron chi connectivity index (χ4n) is 3.98. The van der Waals surface area contributed by atoms with Gasteiger partial charge in [0.05, 0.1) is 11.9 Å². The van der Waals surface area contributed by atoms with Crippen LogP contribution in [0.15, 0.2) is 60.9 Å². The van der Waals surface area contributed by atoms with Gasteiger partial charge in [-0.2, -0.15) is 5.10 Å². The standard InChI is InChI=1S/C25H26N4O5/c1-15(22(30)31)27-23(32)25(2,3)29-13-16(12-26-29)28-24(33)34-14-21-19-10-6-4-8-17(19)18-9-5-7-11-20(18)21/h4-13,15,21H,14H2,1-3H3,(H,27,32)(H,28,33)(H,30,31). The Morgan fingerprint density at radius 3 is 2.26 bits per heavy atom. The van der Waals surface area contributed by atoms with Crippen molar-refractivity contribution in [2.24, 2.45) is 0 Å². The van der Waals surface area contributed by atoms with Crippen LogP contribution in [-0.2, 0) is 19.9 Å². The minimum Gasteiger partial charge on any atom is -0.480 e. The van der Waals surface area contributed by atoms with Crippen molar-refractivity contribution in [3.05, 3.63) is 72.1 Å². The van der Waals surface area contributed by atoms with E-state index in [4.69, 9.17) is 9.84 Å². The van der Waals surface area contributed by atoms with E-state index in [1.54, 1.807) is 13.8 Å². The second-order valence-corrected chi connectivity index (χ2v) is 8.72. The average molecular weight is 463 g/mol. The largest absolute Gasteiger partial charge is 0.480 e. The van der Waals surface area contributed by atoms with E-state index < -0.39 is 29.6 Å². The summed E-state index contributed by atoms with van der Waals surface area (Å²) in [5.41, 5.74) is 3.70. The van der Waals surface area contributed by atoms with Crippen LogP contribution in [0.4, 0.5) is 10.5 Å². The van der Waals surface area contributed by atoms with E-state index >= 15 is 0 Å². The topological polar surface area (TPSA) is 123 Å². The maximum Gasteiger partial charge on any atom is 0.411 e. The van der Waals surface area contributed by atoms with Gasteiger partial charge >= 0.3 is 12.1 Å². The molecule has 0 fully saturated rings. The van der Waals surface area contributed by atoms with E-state index in [2.05, 4.69) is 27.9 Å². The van der Waals surface area contributed by atoms with Crippen molar-refractivity contribution in [3.8, 4) is 11.1 Å². The second kappa shape index (κ2) is 9.01. The molecule has 176 valence electrons. The molecule has 1 unspecified atom stereocenters. The number of amides is 2. The van der Waals surface area contributed by atoms with E-state index in [-0.39, 0.29) is 12.5 Å². The normalized spacial score (nSPS) is 13.5. The van der Waals surface area contributed by atoms with Crippen molar-refractivity contribution in [1.82, 2.24) is 15.1 Å². The number of carbonyl (C=O) groups is 3. The number of carboxylic acids is 1. The van der Waals surface area contributed by atoms with Crippen molar-refractivity contribution in [2.75, 3.05) is 11.9 Å².